The molecular formula is C21H18FNO5S. The summed E-state index contributed by atoms with van der Waals surface area (Å²) >= 11 is 1.14. The van der Waals surface area contributed by atoms with Crippen molar-refractivity contribution < 1.29 is 28.2 Å². The molecule has 1 N–H and O–H groups in total. The number of carbonyl (C=O) groups excluding carboxylic acids is 2. The molecule has 1 aliphatic rings. The number of benzene rings is 2. The smallest absolute Gasteiger partial charge is 0.349 e. The highest BCUT2D eigenvalue weighted by atomic mass is 32.1. The first kappa shape index (κ1) is 19.2. The van der Waals surface area contributed by atoms with E-state index in [2.05, 4.69) is 5.32 Å². The predicted octanol–water partition coefficient (Wildman–Crippen LogP) is 4.31. The molecule has 29 heavy (non-hydrogen) atoms. The third kappa shape index (κ3) is 4.02. The zero-order chi connectivity index (χ0) is 20.4. The lowest BCUT2D eigenvalue weighted by molar-refractivity contribution is -0.119. The summed E-state index contributed by atoms with van der Waals surface area (Å²) < 4.78 is 30.9. The molecular weight excluding hydrogens is 397 g/mol. The molecule has 0 fully saturated rings. The van der Waals surface area contributed by atoms with Crippen molar-refractivity contribution >= 4 is 39.0 Å². The van der Waals surface area contributed by atoms with Crippen LogP contribution in [0.1, 0.15) is 21.7 Å². The van der Waals surface area contributed by atoms with Crippen LogP contribution in [0.4, 0.5) is 10.1 Å². The summed E-state index contributed by atoms with van der Waals surface area (Å²) in [5, 5.41) is 3.07. The molecule has 4 rings (SSSR count). The Morgan fingerprint density at radius 3 is 2.76 bits per heavy atom. The van der Waals surface area contributed by atoms with Crippen LogP contribution < -0.4 is 14.8 Å². The van der Waals surface area contributed by atoms with E-state index in [1.165, 1.54) is 6.07 Å². The van der Waals surface area contributed by atoms with Gasteiger partial charge in [0.1, 0.15) is 10.7 Å². The molecule has 1 aromatic heterocycles. The van der Waals surface area contributed by atoms with Crippen molar-refractivity contribution in [3.8, 4) is 11.5 Å². The fourth-order valence-electron chi connectivity index (χ4n) is 3.08. The van der Waals surface area contributed by atoms with Crippen molar-refractivity contribution in [2.45, 2.75) is 13.3 Å². The van der Waals surface area contributed by atoms with Gasteiger partial charge < -0.3 is 19.5 Å². The van der Waals surface area contributed by atoms with Gasteiger partial charge >= 0.3 is 5.97 Å². The molecule has 150 valence electrons. The lowest BCUT2D eigenvalue weighted by Gasteiger charge is -2.10. The molecule has 0 radical (unpaired) electrons. The Balaban J connectivity index is 1.40. The molecule has 0 spiro atoms. The monoisotopic (exact) mass is 415 g/mol. The highest BCUT2D eigenvalue weighted by Crippen LogP contribution is 2.33. The van der Waals surface area contributed by atoms with Crippen LogP contribution in [0.5, 0.6) is 11.5 Å². The highest BCUT2D eigenvalue weighted by Gasteiger charge is 2.20. The van der Waals surface area contributed by atoms with Crippen molar-refractivity contribution in [1.82, 2.24) is 0 Å². The van der Waals surface area contributed by atoms with Gasteiger partial charge in [-0.1, -0.05) is 6.07 Å². The minimum Gasteiger partial charge on any atom is -0.490 e. The minimum atomic E-state index is -0.656. The van der Waals surface area contributed by atoms with E-state index >= 15 is 0 Å². The number of ether oxygens (including phenoxy) is 3. The number of nitrogens with one attached hydrogen (secondary N) is 1. The number of aryl methyl sites for hydroxylation is 1. The maximum Gasteiger partial charge on any atom is 0.349 e. The van der Waals surface area contributed by atoms with Gasteiger partial charge in [-0.2, -0.15) is 0 Å². The Bertz CT molecular complexity index is 1090. The Kier molecular flexibility index (Phi) is 5.35. The van der Waals surface area contributed by atoms with Gasteiger partial charge in [-0.05, 0) is 36.8 Å². The van der Waals surface area contributed by atoms with Gasteiger partial charge in [0.05, 0.1) is 13.2 Å². The molecule has 0 atom stereocenters. The van der Waals surface area contributed by atoms with E-state index in [9.17, 15) is 14.0 Å². The number of hydrogen-bond acceptors (Lipinski definition) is 6. The number of esters is 1. The van der Waals surface area contributed by atoms with Gasteiger partial charge in [-0.25, -0.2) is 9.18 Å². The maximum atomic E-state index is 14.0. The molecule has 0 bridgehead atoms. The van der Waals surface area contributed by atoms with Crippen molar-refractivity contribution in [1.29, 1.82) is 0 Å². The van der Waals surface area contributed by atoms with Crippen LogP contribution in [0.3, 0.4) is 0 Å². The van der Waals surface area contributed by atoms with E-state index in [1.807, 2.05) is 0 Å². The second kappa shape index (κ2) is 8.08. The summed E-state index contributed by atoms with van der Waals surface area (Å²) in [4.78, 5) is 24.8. The lowest BCUT2D eigenvalue weighted by atomic mass is 10.1. The third-order valence-electron chi connectivity index (χ3n) is 4.45. The van der Waals surface area contributed by atoms with E-state index in [4.69, 9.17) is 14.2 Å². The number of amides is 1. The number of halogens is 1. The van der Waals surface area contributed by atoms with Crippen molar-refractivity contribution in [2.24, 2.45) is 0 Å². The van der Waals surface area contributed by atoms with E-state index < -0.39 is 18.5 Å². The standard InChI is InChI=1S/C21H18FNO5S/c1-12-19-14(22)4-2-5-17(19)29-20(12)21(25)28-11-18(24)23-13-6-7-15-16(10-13)27-9-3-8-26-15/h2,4-7,10H,3,8-9,11H2,1H3,(H,23,24). The first-order chi connectivity index (χ1) is 14.0. The molecule has 0 unspecified atom stereocenters. The fourth-order valence-corrected chi connectivity index (χ4v) is 4.20. The quantitative estimate of drug-likeness (QED) is 0.643. The van der Waals surface area contributed by atoms with Crippen LogP contribution in [0.2, 0.25) is 0 Å². The minimum absolute atomic E-state index is 0.286. The van der Waals surface area contributed by atoms with Gasteiger partial charge in [-0.3, -0.25) is 4.79 Å². The summed E-state index contributed by atoms with van der Waals surface area (Å²) in [6.45, 7) is 2.33. The molecule has 1 amide bonds. The van der Waals surface area contributed by atoms with Gasteiger partial charge in [-0.15, -0.1) is 11.3 Å². The van der Waals surface area contributed by atoms with Crippen molar-refractivity contribution in [3.05, 3.63) is 52.7 Å². The van der Waals surface area contributed by atoms with Crippen molar-refractivity contribution in [2.75, 3.05) is 25.1 Å². The number of rotatable bonds is 4. The number of hydrogen-bond donors (Lipinski definition) is 1. The van der Waals surface area contributed by atoms with Crippen LogP contribution in [0.15, 0.2) is 36.4 Å². The second-order valence-electron chi connectivity index (χ2n) is 6.51. The van der Waals surface area contributed by atoms with E-state index in [0.717, 1.165) is 17.8 Å². The maximum absolute atomic E-state index is 14.0. The highest BCUT2D eigenvalue weighted by molar-refractivity contribution is 7.21. The molecule has 8 heteroatoms. The Morgan fingerprint density at radius 1 is 1.17 bits per heavy atom. The molecule has 2 aromatic carbocycles. The van der Waals surface area contributed by atoms with Crippen LogP contribution in [0, 0.1) is 12.7 Å². The zero-order valence-electron chi connectivity index (χ0n) is 15.6. The summed E-state index contributed by atoms with van der Waals surface area (Å²) in [5.74, 6) is -0.350. The fraction of sp³-hybridized carbons (Fsp3) is 0.238. The first-order valence-electron chi connectivity index (χ1n) is 9.07. The molecule has 0 aliphatic carbocycles. The summed E-state index contributed by atoms with van der Waals surface area (Å²) in [6, 6.07) is 9.75. The third-order valence-corrected chi connectivity index (χ3v) is 5.69. The Morgan fingerprint density at radius 2 is 1.97 bits per heavy atom. The first-order valence-corrected chi connectivity index (χ1v) is 9.89. The normalized spacial score (nSPS) is 13.0. The molecule has 2 heterocycles. The zero-order valence-corrected chi connectivity index (χ0v) is 16.4. The van der Waals surface area contributed by atoms with Gasteiger partial charge in [0.25, 0.3) is 5.91 Å². The summed E-state index contributed by atoms with van der Waals surface area (Å²) in [5.41, 5.74) is 1.02. The number of fused-ring (bicyclic) bond motifs is 2. The topological polar surface area (TPSA) is 73.9 Å². The van der Waals surface area contributed by atoms with Crippen LogP contribution >= 0.6 is 11.3 Å². The molecule has 1 aliphatic heterocycles. The van der Waals surface area contributed by atoms with Crippen LogP contribution in [-0.4, -0.2) is 31.7 Å². The number of anilines is 1. The number of carbonyl (C=O) groups is 2. The molecule has 0 saturated carbocycles. The van der Waals surface area contributed by atoms with Crippen molar-refractivity contribution in [3.63, 3.8) is 0 Å². The van der Waals surface area contributed by atoms with Gasteiger partial charge in [0.15, 0.2) is 18.1 Å². The van der Waals surface area contributed by atoms with Crippen LogP contribution in [-0.2, 0) is 9.53 Å². The van der Waals surface area contributed by atoms with Gasteiger partial charge in [0.2, 0.25) is 0 Å². The average Bonchev–Trinajstić information content (AvgIpc) is 2.89. The number of thiophene rings is 1. The molecule has 6 nitrogen and oxygen atoms in total. The van der Waals surface area contributed by atoms with E-state index in [1.54, 1.807) is 37.3 Å². The SMILES string of the molecule is Cc1c(C(=O)OCC(=O)Nc2ccc3c(c2)OCCCO3)sc2cccc(F)c12. The molecule has 0 saturated heterocycles. The van der Waals surface area contributed by atoms with E-state index in [-0.39, 0.29) is 10.7 Å². The van der Waals surface area contributed by atoms with E-state index in [0.29, 0.717) is 46.0 Å². The Hall–Kier alpha value is -3.13. The largest absolute Gasteiger partial charge is 0.490 e. The lowest BCUT2D eigenvalue weighted by Crippen LogP contribution is -2.20. The Labute approximate surface area is 170 Å². The average molecular weight is 415 g/mol. The predicted molar refractivity (Wildman–Crippen MR) is 107 cm³/mol. The second-order valence-corrected chi connectivity index (χ2v) is 7.56. The summed E-state index contributed by atoms with van der Waals surface area (Å²) in [6.07, 6.45) is 0.785. The van der Waals surface area contributed by atoms with Gasteiger partial charge in [0, 0.05) is 28.3 Å². The van der Waals surface area contributed by atoms with Crippen LogP contribution in [0.25, 0.3) is 10.1 Å². The molecule has 3 aromatic rings. The summed E-state index contributed by atoms with van der Waals surface area (Å²) in [7, 11) is 0.